The molecule has 0 bridgehead atoms. The van der Waals surface area contributed by atoms with Crippen LogP contribution < -0.4 is 18.9 Å². The summed E-state index contributed by atoms with van der Waals surface area (Å²) in [6.07, 6.45) is 7.91. The molecule has 5 nitrogen and oxygen atoms in total. The van der Waals surface area contributed by atoms with Crippen LogP contribution in [0.4, 0.5) is 0 Å². The van der Waals surface area contributed by atoms with Crippen LogP contribution in [0.25, 0.3) is 39.1 Å². The van der Waals surface area contributed by atoms with E-state index < -0.39 is 5.60 Å². The second kappa shape index (κ2) is 14.1. The summed E-state index contributed by atoms with van der Waals surface area (Å²) in [6.45, 7) is 13.0. The summed E-state index contributed by atoms with van der Waals surface area (Å²) in [4.78, 5) is 0. The lowest BCUT2D eigenvalue weighted by atomic mass is 9.52. The number of rotatable bonds is 9. The molecular formula is C53H54O5. The monoisotopic (exact) mass is 770 g/mol. The molecule has 0 saturated heterocycles. The number of hydrogen-bond acceptors (Lipinski definition) is 5. The summed E-state index contributed by atoms with van der Waals surface area (Å²) in [5, 5.41) is 2.21. The Balaban J connectivity index is 1.36. The molecule has 1 fully saturated rings. The van der Waals surface area contributed by atoms with Crippen LogP contribution in [0.2, 0.25) is 0 Å². The van der Waals surface area contributed by atoms with Crippen molar-refractivity contribution >= 4 is 16.8 Å². The van der Waals surface area contributed by atoms with Gasteiger partial charge in [-0.25, -0.2) is 0 Å². The molecule has 3 aliphatic rings. The Morgan fingerprint density at radius 3 is 1.93 bits per heavy atom. The molecule has 0 aromatic heterocycles. The maximum Gasteiger partial charge on any atom is 0.178 e. The zero-order valence-electron chi connectivity index (χ0n) is 35.1. The molecule has 2 aliphatic carbocycles. The average Bonchev–Trinajstić information content (AvgIpc) is 3.48. The molecule has 1 heterocycles. The van der Waals surface area contributed by atoms with Crippen LogP contribution in [0.5, 0.6) is 23.0 Å². The van der Waals surface area contributed by atoms with Gasteiger partial charge in [-0.05, 0) is 113 Å². The average molecular weight is 771 g/mol. The molecule has 6 aromatic carbocycles. The first kappa shape index (κ1) is 38.0. The summed E-state index contributed by atoms with van der Waals surface area (Å²) in [7, 11) is 5.16. The maximum absolute atomic E-state index is 7.80. The minimum atomic E-state index is -0.960. The van der Waals surface area contributed by atoms with Crippen molar-refractivity contribution in [1.29, 1.82) is 0 Å². The molecule has 1 atom stereocenters. The fraction of sp³-hybridized carbons (Fsp3) is 0.321. The predicted octanol–water partition coefficient (Wildman–Crippen LogP) is 12.7. The third-order valence-electron chi connectivity index (χ3n) is 12.8. The van der Waals surface area contributed by atoms with Gasteiger partial charge in [0.2, 0.25) is 0 Å². The molecule has 6 aromatic rings. The number of fused-ring (bicyclic) bond motifs is 10. The number of ether oxygens (including phenoxy) is 5. The lowest BCUT2D eigenvalue weighted by Gasteiger charge is -2.52. The van der Waals surface area contributed by atoms with Crippen LogP contribution in [0, 0.1) is 17.8 Å². The van der Waals surface area contributed by atoms with Crippen molar-refractivity contribution in [3.8, 4) is 45.3 Å². The summed E-state index contributed by atoms with van der Waals surface area (Å²) in [5.41, 5.74) is 11.1. The molecule has 1 unspecified atom stereocenters. The topological polar surface area (TPSA) is 46.2 Å². The van der Waals surface area contributed by atoms with Gasteiger partial charge in [-0.1, -0.05) is 112 Å². The third kappa shape index (κ3) is 6.17. The lowest BCUT2D eigenvalue weighted by Crippen LogP contribution is -2.44. The standard InChI is InChI=1S/C53H54O5/c1-34-13-15-35(16-14-34)42-29-43-44(30-46(42)56-8)49-41(48-47(43)40-11-9-10-12-45(40)52(48)32-50(2,3)31-51(4,5)33-52)25-26-53(58-49,36-17-21-38(55-7)22-18-36)37-19-23-39(24-20-37)57-28-27-54-6/h9-26,29-30H,27-28,31-33H2,1-8H3. The van der Waals surface area contributed by atoms with E-state index in [0.717, 1.165) is 69.0 Å². The maximum atomic E-state index is 7.80. The van der Waals surface area contributed by atoms with E-state index in [-0.39, 0.29) is 16.2 Å². The number of benzene rings is 6. The van der Waals surface area contributed by atoms with E-state index in [1.807, 2.05) is 24.3 Å². The molecule has 1 aliphatic heterocycles. The van der Waals surface area contributed by atoms with E-state index in [0.29, 0.717) is 13.2 Å². The van der Waals surface area contributed by atoms with E-state index in [4.69, 9.17) is 23.7 Å². The Kier molecular flexibility index (Phi) is 9.24. The van der Waals surface area contributed by atoms with Crippen molar-refractivity contribution in [1.82, 2.24) is 0 Å². The Morgan fingerprint density at radius 2 is 1.29 bits per heavy atom. The highest BCUT2D eigenvalue weighted by Crippen LogP contribution is 2.67. The largest absolute Gasteiger partial charge is 0.497 e. The quantitative estimate of drug-likeness (QED) is 0.137. The number of methoxy groups -OCH3 is 3. The number of hydrogen-bond donors (Lipinski definition) is 0. The molecular weight excluding hydrogens is 717 g/mol. The minimum Gasteiger partial charge on any atom is -0.497 e. The predicted molar refractivity (Wildman–Crippen MR) is 236 cm³/mol. The van der Waals surface area contributed by atoms with Crippen molar-refractivity contribution in [3.05, 3.63) is 149 Å². The van der Waals surface area contributed by atoms with Crippen LogP contribution in [-0.2, 0) is 15.8 Å². The zero-order valence-corrected chi connectivity index (χ0v) is 35.1. The fourth-order valence-corrected chi connectivity index (χ4v) is 11.2. The van der Waals surface area contributed by atoms with Gasteiger partial charge in [0, 0.05) is 40.2 Å². The summed E-state index contributed by atoms with van der Waals surface area (Å²) >= 11 is 0. The van der Waals surface area contributed by atoms with Crippen molar-refractivity contribution in [2.45, 2.75) is 64.9 Å². The number of aryl methyl sites for hydroxylation is 1. The first-order valence-corrected chi connectivity index (χ1v) is 20.6. The Morgan fingerprint density at radius 1 is 0.638 bits per heavy atom. The van der Waals surface area contributed by atoms with Gasteiger partial charge in [-0.2, -0.15) is 0 Å². The molecule has 0 radical (unpaired) electrons. The molecule has 0 N–H and O–H groups in total. The van der Waals surface area contributed by atoms with Gasteiger partial charge in [0.05, 0.1) is 20.8 Å². The summed E-state index contributed by atoms with van der Waals surface area (Å²) in [6, 6.07) is 39.1. The van der Waals surface area contributed by atoms with Gasteiger partial charge in [-0.15, -0.1) is 0 Å². The van der Waals surface area contributed by atoms with Crippen LogP contribution in [0.1, 0.15) is 80.3 Å². The van der Waals surface area contributed by atoms with Crippen LogP contribution in [-0.4, -0.2) is 34.5 Å². The highest BCUT2D eigenvalue weighted by Gasteiger charge is 2.55. The van der Waals surface area contributed by atoms with Crippen molar-refractivity contribution < 1.29 is 23.7 Å². The van der Waals surface area contributed by atoms with Crippen LogP contribution in [0.15, 0.2) is 115 Å². The summed E-state index contributed by atoms with van der Waals surface area (Å²) < 4.78 is 31.0. The molecule has 296 valence electrons. The molecule has 9 rings (SSSR count). The first-order chi connectivity index (χ1) is 27.9. The van der Waals surface area contributed by atoms with E-state index in [1.165, 1.54) is 39.6 Å². The van der Waals surface area contributed by atoms with Gasteiger partial charge < -0.3 is 23.7 Å². The Hall–Kier alpha value is -5.52. The van der Waals surface area contributed by atoms with Gasteiger partial charge in [0.15, 0.2) is 5.60 Å². The van der Waals surface area contributed by atoms with Crippen molar-refractivity contribution in [2.24, 2.45) is 10.8 Å². The Bertz CT molecular complexity index is 2530. The second-order valence-corrected chi connectivity index (χ2v) is 18.2. The Labute approximate surface area is 343 Å². The van der Waals surface area contributed by atoms with E-state index in [2.05, 4.69) is 132 Å². The smallest absolute Gasteiger partial charge is 0.178 e. The van der Waals surface area contributed by atoms with Crippen molar-refractivity contribution in [2.75, 3.05) is 34.5 Å². The van der Waals surface area contributed by atoms with Gasteiger partial charge in [0.25, 0.3) is 0 Å². The molecule has 58 heavy (non-hydrogen) atoms. The van der Waals surface area contributed by atoms with Crippen LogP contribution in [0.3, 0.4) is 0 Å². The van der Waals surface area contributed by atoms with Gasteiger partial charge >= 0.3 is 0 Å². The molecule has 0 amide bonds. The van der Waals surface area contributed by atoms with E-state index in [9.17, 15) is 0 Å². The second-order valence-electron chi connectivity index (χ2n) is 18.2. The van der Waals surface area contributed by atoms with E-state index in [1.54, 1.807) is 21.3 Å². The fourth-order valence-electron chi connectivity index (χ4n) is 11.2. The highest BCUT2D eigenvalue weighted by molar-refractivity contribution is 6.10. The lowest BCUT2D eigenvalue weighted by molar-refractivity contribution is 0.0642. The van der Waals surface area contributed by atoms with Gasteiger partial charge in [-0.3, -0.25) is 0 Å². The SMILES string of the molecule is COCCOc1ccc(C2(c3ccc(OC)cc3)C=Cc3c4c(c5cc(-c6ccc(C)cc6)c(OC)cc5c3O2)-c2ccccc2C42CC(C)(C)CC(C)(C)C2)cc1. The molecule has 1 saturated carbocycles. The van der Waals surface area contributed by atoms with Crippen molar-refractivity contribution in [3.63, 3.8) is 0 Å². The minimum absolute atomic E-state index is 0.116. The first-order valence-electron chi connectivity index (χ1n) is 20.6. The van der Waals surface area contributed by atoms with Crippen LogP contribution >= 0.6 is 0 Å². The zero-order chi connectivity index (χ0) is 40.5. The van der Waals surface area contributed by atoms with E-state index >= 15 is 0 Å². The molecule has 1 spiro atoms. The highest BCUT2D eigenvalue weighted by atomic mass is 16.5. The third-order valence-corrected chi connectivity index (χ3v) is 12.8. The normalized spacial score (nSPS) is 19.2. The molecule has 5 heteroatoms. The van der Waals surface area contributed by atoms with Gasteiger partial charge in [0.1, 0.15) is 29.6 Å². The summed E-state index contributed by atoms with van der Waals surface area (Å²) in [5.74, 6) is 3.25.